The first-order chi connectivity index (χ1) is 16.6. The quantitative estimate of drug-likeness (QED) is 0.522. The number of methoxy groups -OCH3 is 1. The van der Waals surface area contributed by atoms with Gasteiger partial charge in [0.1, 0.15) is 6.04 Å². The van der Waals surface area contributed by atoms with Gasteiger partial charge >= 0.3 is 11.7 Å². The Morgan fingerprint density at radius 2 is 1.68 bits per heavy atom. The van der Waals surface area contributed by atoms with Gasteiger partial charge in [0, 0.05) is 36.0 Å². The van der Waals surface area contributed by atoms with Gasteiger partial charge in [0.2, 0.25) is 0 Å². The number of carbonyl (C=O) groups is 2. The summed E-state index contributed by atoms with van der Waals surface area (Å²) in [7, 11) is 1.34. The highest BCUT2D eigenvalue weighted by Gasteiger charge is 2.32. The number of H-pyrrole nitrogens is 1. The van der Waals surface area contributed by atoms with Gasteiger partial charge in [0.15, 0.2) is 0 Å². The van der Waals surface area contributed by atoms with Crippen molar-refractivity contribution in [1.82, 2.24) is 15.3 Å². The van der Waals surface area contributed by atoms with E-state index in [0.717, 1.165) is 73.9 Å². The Morgan fingerprint density at radius 3 is 2.15 bits per heavy atom. The lowest BCUT2D eigenvalue weighted by molar-refractivity contribution is -0.142. The zero-order chi connectivity index (χ0) is 23.9. The highest BCUT2D eigenvalue weighted by atomic mass is 16.5. The number of carbonyl (C=O) groups excluding carboxylic acids is 2. The largest absolute Gasteiger partial charge is 0.467 e. The first-order valence-corrected chi connectivity index (χ1v) is 12.6. The molecule has 2 aliphatic carbocycles. The molecule has 0 aliphatic heterocycles. The molecule has 0 radical (unpaired) electrons. The number of amides is 1. The van der Waals surface area contributed by atoms with E-state index in [0.29, 0.717) is 17.4 Å². The van der Waals surface area contributed by atoms with Gasteiger partial charge in [-0.15, -0.1) is 0 Å². The van der Waals surface area contributed by atoms with E-state index < -0.39 is 12.0 Å². The van der Waals surface area contributed by atoms with E-state index in [1.54, 1.807) is 12.5 Å². The van der Waals surface area contributed by atoms with E-state index in [9.17, 15) is 9.59 Å². The van der Waals surface area contributed by atoms with E-state index in [4.69, 9.17) is 11.3 Å². The molecule has 2 saturated carbocycles. The van der Waals surface area contributed by atoms with Gasteiger partial charge in [0.05, 0.1) is 13.4 Å². The van der Waals surface area contributed by atoms with E-state index in [1.807, 2.05) is 12.1 Å². The molecular formula is C27H35N4O3+. The van der Waals surface area contributed by atoms with Gasteiger partial charge in [-0.25, -0.2) is 9.78 Å². The van der Waals surface area contributed by atoms with Crippen molar-refractivity contribution in [2.75, 3.05) is 7.11 Å². The van der Waals surface area contributed by atoms with Crippen molar-refractivity contribution in [1.29, 1.82) is 0 Å². The zero-order valence-corrected chi connectivity index (χ0v) is 20.0. The molecule has 4 rings (SSSR count). The molecule has 2 aliphatic rings. The maximum Gasteiger partial charge on any atom is 0.340 e. The van der Waals surface area contributed by atoms with E-state index in [1.165, 1.54) is 20.0 Å². The fraction of sp³-hybridized carbons (Fsp3) is 0.556. The van der Waals surface area contributed by atoms with Gasteiger partial charge in [0.25, 0.3) is 12.5 Å². The van der Waals surface area contributed by atoms with Gasteiger partial charge in [-0.3, -0.25) is 4.79 Å². The summed E-state index contributed by atoms with van der Waals surface area (Å²) in [6.07, 6.45) is 14.7. The van der Waals surface area contributed by atoms with Crippen LogP contribution in [0.4, 0.5) is 5.69 Å². The van der Waals surface area contributed by atoms with Crippen LogP contribution in [0.3, 0.4) is 0 Å². The van der Waals surface area contributed by atoms with Crippen molar-refractivity contribution in [3.8, 4) is 6.57 Å². The molecule has 0 saturated heterocycles. The number of aromatic amines is 1. The molecular weight excluding hydrogens is 428 g/mol. The Balaban J connectivity index is 1.74. The Hall–Kier alpha value is -3.14. The van der Waals surface area contributed by atoms with Crippen LogP contribution in [0, 0.1) is 6.57 Å². The molecule has 34 heavy (non-hydrogen) atoms. The topological polar surface area (TPSA) is 88.4 Å². The molecule has 7 nitrogen and oxygen atoms in total. The lowest BCUT2D eigenvalue weighted by Crippen LogP contribution is -2.44. The third-order valence-corrected chi connectivity index (χ3v) is 7.42. The Labute approximate surface area is 201 Å². The predicted molar refractivity (Wildman–Crippen MR) is 132 cm³/mol. The van der Waals surface area contributed by atoms with Gasteiger partial charge in [-0.1, -0.05) is 38.5 Å². The summed E-state index contributed by atoms with van der Waals surface area (Å²) in [4.78, 5) is 37.5. The number of nitrogens with one attached hydrogen (secondary N) is 2. The average molecular weight is 464 g/mol. The molecule has 0 bridgehead atoms. The average Bonchev–Trinajstić information content (AvgIpc) is 3.41. The second-order valence-corrected chi connectivity index (χ2v) is 9.63. The third-order valence-electron chi connectivity index (χ3n) is 7.42. The van der Waals surface area contributed by atoms with Crippen LogP contribution < -0.4 is 5.32 Å². The molecule has 180 valence electrons. The number of aromatic nitrogens is 2. The fourth-order valence-electron chi connectivity index (χ4n) is 5.66. The summed E-state index contributed by atoms with van der Waals surface area (Å²) in [5.41, 5.74) is 4.24. The molecule has 7 heteroatoms. The molecule has 1 heterocycles. The first kappa shape index (κ1) is 24.0. The molecule has 1 aromatic carbocycles. The van der Waals surface area contributed by atoms with Crippen LogP contribution in [0.1, 0.15) is 103 Å². The van der Waals surface area contributed by atoms with Crippen LogP contribution in [0.5, 0.6) is 0 Å². The normalized spacial score (nSPS) is 18.1. The zero-order valence-electron chi connectivity index (χ0n) is 20.0. The molecule has 2 aromatic rings. The lowest BCUT2D eigenvalue weighted by atomic mass is 9.76. The first-order valence-electron chi connectivity index (χ1n) is 12.6. The fourth-order valence-corrected chi connectivity index (χ4v) is 5.66. The SMILES string of the molecule is C#[N+]c1cc(C2CCCCC2)c(C(=O)N[C@H](Cc2cnc[nH]2)C(=O)OC)c(C2CCCCC2)c1. The minimum Gasteiger partial charge on any atom is -0.467 e. The van der Waals surface area contributed by atoms with E-state index in [2.05, 4.69) is 20.1 Å². The maximum absolute atomic E-state index is 13.9. The van der Waals surface area contributed by atoms with Crippen LogP contribution in [0.2, 0.25) is 0 Å². The summed E-state index contributed by atoms with van der Waals surface area (Å²) in [5.74, 6) is -0.111. The van der Waals surface area contributed by atoms with Crippen molar-refractivity contribution in [3.05, 3.63) is 51.9 Å². The number of esters is 1. The second kappa shape index (κ2) is 11.3. The summed E-state index contributed by atoms with van der Waals surface area (Å²) in [5, 5.41) is 3.00. The minimum absolute atomic E-state index is 0.223. The van der Waals surface area contributed by atoms with E-state index >= 15 is 0 Å². The predicted octanol–water partition coefficient (Wildman–Crippen LogP) is 5.61. The van der Waals surface area contributed by atoms with Crippen LogP contribution in [-0.4, -0.2) is 35.0 Å². The maximum atomic E-state index is 13.9. The molecule has 2 N–H and O–H groups in total. The molecule has 0 unspecified atom stereocenters. The summed E-state index contributed by atoms with van der Waals surface area (Å²) in [6.45, 7) is 5.74. The highest BCUT2D eigenvalue weighted by Crippen LogP contribution is 2.42. The van der Waals surface area contributed by atoms with Crippen molar-refractivity contribution in [2.45, 2.75) is 88.5 Å². The smallest absolute Gasteiger partial charge is 0.340 e. The summed E-state index contributed by atoms with van der Waals surface area (Å²) in [6, 6.07) is 3.16. The molecule has 0 spiro atoms. The summed E-state index contributed by atoms with van der Waals surface area (Å²) >= 11 is 0. The van der Waals surface area contributed by atoms with Crippen LogP contribution in [0.15, 0.2) is 24.7 Å². The van der Waals surface area contributed by atoms with Gasteiger partial charge < -0.3 is 15.0 Å². The van der Waals surface area contributed by atoms with Crippen LogP contribution in [-0.2, 0) is 16.0 Å². The van der Waals surface area contributed by atoms with Gasteiger partial charge in [-0.05, 0) is 53.5 Å². The number of nitrogens with zero attached hydrogens (tertiary/aromatic N) is 2. The van der Waals surface area contributed by atoms with Crippen molar-refractivity contribution in [2.24, 2.45) is 0 Å². The van der Waals surface area contributed by atoms with Crippen LogP contribution in [0.25, 0.3) is 4.85 Å². The van der Waals surface area contributed by atoms with Crippen molar-refractivity contribution in [3.63, 3.8) is 0 Å². The minimum atomic E-state index is -0.810. The number of rotatable bonds is 7. The lowest BCUT2D eigenvalue weighted by Gasteiger charge is -2.29. The van der Waals surface area contributed by atoms with Crippen molar-refractivity contribution >= 4 is 17.6 Å². The molecule has 1 aromatic heterocycles. The highest BCUT2D eigenvalue weighted by molar-refractivity contribution is 6.00. The number of hydrogen-bond acceptors (Lipinski definition) is 4. The number of benzene rings is 1. The molecule has 2 fully saturated rings. The van der Waals surface area contributed by atoms with Crippen LogP contribution >= 0.6 is 0 Å². The number of imidazole rings is 1. The van der Waals surface area contributed by atoms with E-state index in [-0.39, 0.29) is 12.3 Å². The molecule has 1 amide bonds. The Kier molecular flexibility index (Phi) is 7.99. The third kappa shape index (κ3) is 5.49. The standard InChI is InChI=1S/C27H34N4O3/c1-28-20-13-22(18-9-5-3-6-10-18)25(23(14-20)19-11-7-4-8-12-19)26(32)31-24(27(33)34-2)15-21-16-29-17-30-21/h1,13-14,16-19,24H,3-12,15H2,2H3,(H-,29,30,31,32)/p+1/t24-/m1/s1. The Morgan fingerprint density at radius 1 is 1.09 bits per heavy atom. The Bertz CT molecular complexity index is 990. The molecule has 1 atom stereocenters. The number of hydrogen-bond donors (Lipinski definition) is 2. The summed E-state index contributed by atoms with van der Waals surface area (Å²) < 4.78 is 5.01. The monoisotopic (exact) mass is 463 g/mol. The second-order valence-electron chi connectivity index (χ2n) is 9.63. The number of ether oxygens (including phenoxy) is 1. The van der Waals surface area contributed by atoms with Gasteiger partial charge in [-0.2, -0.15) is 0 Å². The van der Waals surface area contributed by atoms with Crippen molar-refractivity contribution < 1.29 is 14.3 Å².